The van der Waals surface area contributed by atoms with Gasteiger partial charge in [-0.3, -0.25) is 9.59 Å². The second-order valence-corrected chi connectivity index (χ2v) is 8.70. The molecule has 1 amide bonds. The number of benzene rings is 2. The van der Waals surface area contributed by atoms with Crippen LogP contribution in [0.5, 0.6) is 11.5 Å². The molecule has 0 radical (unpaired) electrons. The van der Waals surface area contributed by atoms with Crippen LogP contribution in [0.1, 0.15) is 26.7 Å². The van der Waals surface area contributed by atoms with Crippen molar-refractivity contribution in [2.45, 2.75) is 32.8 Å². The van der Waals surface area contributed by atoms with Gasteiger partial charge in [0.05, 0.1) is 23.3 Å². The zero-order valence-electron chi connectivity index (χ0n) is 19.5. The summed E-state index contributed by atoms with van der Waals surface area (Å²) in [6.07, 6.45) is 2.80. The number of amides is 1. The molecular weight excluding hydrogens is 498 g/mol. The first kappa shape index (κ1) is 26.4. The number of halogens is 3. The summed E-state index contributed by atoms with van der Waals surface area (Å²) in [6.45, 7) is 4.17. The fourth-order valence-corrected chi connectivity index (χ4v) is 3.79. The Hall–Kier alpha value is -3.17. The van der Waals surface area contributed by atoms with Crippen molar-refractivity contribution in [3.63, 3.8) is 0 Å². The highest BCUT2D eigenvalue weighted by Gasteiger charge is 2.23. The molecule has 1 N–H and O–H groups in total. The lowest BCUT2D eigenvalue weighted by atomic mass is 10.1. The average molecular weight is 523 g/mol. The van der Waals surface area contributed by atoms with Gasteiger partial charge < -0.3 is 19.7 Å². The Morgan fingerprint density at radius 1 is 1.14 bits per heavy atom. The number of aromatic nitrogens is 2. The average Bonchev–Trinajstić information content (AvgIpc) is 2.82. The predicted molar refractivity (Wildman–Crippen MR) is 133 cm³/mol. The summed E-state index contributed by atoms with van der Waals surface area (Å²) in [7, 11) is 1.56. The van der Waals surface area contributed by atoms with Gasteiger partial charge in [-0.05, 0) is 29.8 Å². The van der Waals surface area contributed by atoms with E-state index in [0.29, 0.717) is 41.3 Å². The minimum Gasteiger partial charge on any atom is -0.493 e. The first-order chi connectivity index (χ1) is 16.7. The van der Waals surface area contributed by atoms with E-state index in [1.54, 1.807) is 38.3 Å². The second kappa shape index (κ2) is 12.0. The normalized spacial score (nSPS) is 13.6. The standard InChI is InChI=1S/C22H22ClFN4O3.C2H3ClO/c1-13(29)28-8-6-14(7-9-28)31-20-10-15-18(11-19(20)30-2)25-12-26-22(15)27-17-5-3-4-16(23)21(17)24;1-2(3)4/h3-5,10-12,14H,6-9H2,1-2H3,(H,25,26,27);1H3. The third-order valence-electron chi connectivity index (χ3n) is 5.31. The Kier molecular flexibility index (Phi) is 9.06. The van der Waals surface area contributed by atoms with Crippen LogP contribution in [0.2, 0.25) is 5.02 Å². The number of hydrogen-bond acceptors (Lipinski definition) is 7. The maximum Gasteiger partial charge on any atom is 0.219 e. The van der Waals surface area contributed by atoms with Crippen molar-refractivity contribution in [1.29, 1.82) is 0 Å². The molecule has 4 rings (SSSR count). The summed E-state index contributed by atoms with van der Waals surface area (Å²) in [5.41, 5.74) is 0.831. The number of methoxy groups -OCH3 is 1. The van der Waals surface area contributed by atoms with Gasteiger partial charge in [0, 0.05) is 51.2 Å². The number of rotatable bonds is 5. The van der Waals surface area contributed by atoms with E-state index in [0.717, 1.165) is 12.8 Å². The summed E-state index contributed by atoms with van der Waals surface area (Å²) >= 11 is 10.5. The molecule has 1 saturated heterocycles. The van der Waals surface area contributed by atoms with Gasteiger partial charge in [-0.1, -0.05) is 17.7 Å². The zero-order valence-corrected chi connectivity index (χ0v) is 21.0. The fraction of sp³-hybridized carbons (Fsp3) is 0.333. The predicted octanol–water partition coefficient (Wildman–Crippen LogP) is 5.34. The van der Waals surface area contributed by atoms with Crippen molar-refractivity contribution in [2.75, 3.05) is 25.5 Å². The van der Waals surface area contributed by atoms with Crippen LogP contribution in [0.25, 0.3) is 10.9 Å². The van der Waals surface area contributed by atoms with Crippen molar-refractivity contribution >= 4 is 56.8 Å². The van der Waals surface area contributed by atoms with Gasteiger partial charge in [0.2, 0.25) is 11.1 Å². The molecular formula is C24H25Cl2FN4O4. The summed E-state index contributed by atoms with van der Waals surface area (Å²) in [5, 5.41) is 3.30. The number of likely N-dealkylation sites (tertiary alicyclic amines) is 1. The number of piperidine rings is 1. The molecule has 1 aliphatic rings. The second-order valence-electron chi connectivity index (χ2n) is 7.76. The molecule has 186 valence electrons. The number of ether oxygens (including phenoxy) is 2. The quantitative estimate of drug-likeness (QED) is 0.452. The van der Waals surface area contributed by atoms with E-state index in [-0.39, 0.29) is 28.0 Å². The number of nitrogens with one attached hydrogen (secondary N) is 1. The van der Waals surface area contributed by atoms with E-state index in [2.05, 4.69) is 26.9 Å². The van der Waals surface area contributed by atoms with Crippen LogP contribution in [0.3, 0.4) is 0 Å². The van der Waals surface area contributed by atoms with Gasteiger partial charge in [0.1, 0.15) is 18.2 Å². The van der Waals surface area contributed by atoms with Gasteiger partial charge in [-0.25, -0.2) is 14.4 Å². The molecule has 0 spiro atoms. The molecule has 2 heterocycles. The van der Waals surface area contributed by atoms with Crippen molar-refractivity contribution in [3.8, 4) is 11.5 Å². The third kappa shape index (κ3) is 6.93. The molecule has 0 bridgehead atoms. The van der Waals surface area contributed by atoms with Crippen molar-refractivity contribution in [3.05, 3.63) is 47.5 Å². The molecule has 0 aliphatic carbocycles. The Bertz CT molecular complexity index is 1220. The highest BCUT2D eigenvalue weighted by Crippen LogP contribution is 2.36. The van der Waals surface area contributed by atoms with E-state index in [9.17, 15) is 14.0 Å². The fourth-order valence-electron chi connectivity index (χ4n) is 3.61. The SMILES string of the molecule is CC(=O)Cl.COc1cc2ncnc(Nc3cccc(Cl)c3F)c2cc1OC1CCN(C(C)=O)CC1. The summed E-state index contributed by atoms with van der Waals surface area (Å²) < 4.78 is 26.1. The molecule has 0 atom stereocenters. The van der Waals surface area contributed by atoms with Crippen LogP contribution in [-0.4, -0.2) is 52.3 Å². The molecule has 35 heavy (non-hydrogen) atoms. The zero-order chi connectivity index (χ0) is 25.5. The number of fused-ring (bicyclic) bond motifs is 1. The number of nitrogens with zero attached hydrogens (tertiary/aromatic N) is 3. The van der Waals surface area contributed by atoms with Crippen molar-refractivity contribution < 1.29 is 23.5 Å². The molecule has 3 aromatic rings. The van der Waals surface area contributed by atoms with Crippen LogP contribution < -0.4 is 14.8 Å². The van der Waals surface area contributed by atoms with E-state index >= 15 is 0 Å². The number of anilines is 2. The number of carbonyl (C=O) groups excluding carboxylic acids is 2. The Labute approximate surface area is 212 Å². The van der Waals surface area contributed by atoms with Gasteiger partial charge in [-0.2, -0.15) is 0 Å². The van der Waals surface area contributed by atoms with Crippen LogP contribution >= 0.6 is 23.2 Å². The maximum atomic E-state index is 14.4. The minimum absolute atomic E-state index is 0.0194. The van der Waals surface area contributed by atoms with Gasteiger partial charge in [0.15, 0.2) is 17.3 Å². The first-order valence-electron chi connectivity index (χ1n) is 10.8. The minimum atomic E-state index is -0.557. The van der Waals surface area contributed by atoms with Crippen LogP contribution in [-0.2, 0) is 9.59 Å². The van der Waals surface area contributed by atoms with E-state index < -0.39 is 5.82 Å². The van der Waals surface area contributed by atoms with Crippen molar-refractivity contribution in [1.82, 2.24) is 14.9 Å². The molecule has 0 saturated carbocycles. The maximum absolute atomic E-state index is 14.4. The largest absolute Gasteiger partial charge is 0.493 e. The van der Waals surface area contributed by atoms with Crippen LogP contribution in [0, 0.1) is 5.82 Å². The third-order valence-corrected chi connectivity index (χ3v) is 5.60. The summed E-state index contributed by atoms with van der Waals surface area (Å²) in [4.78, 5) is 31.1. The Balaban J connectivity index is 0.000000795. The molecule has 11 heteroatoms. The molecule has 2 aromatic carbocycles. The van der Waals surface area contributed by atoms with E-state index in [1.165, 1.54) is 19.3 Å². The highest BCUT2D eigenvalue weighted by molar-refractivity contribution is 6.62. The number of carbonyl (C=O) groups is 2. The molecule has 8 nitrogen and oxygen atoms in total. The smallest absolute Gasteiger partial charge is 0.219 e. The monoisotopic (exact) mass is 522 g/mol. The first-order valence-corrected chi connectivity index (χ1v) is 11.6. The molecule has 1 fully saturated rings. The molecule has 0 unspecified atom stereocenters. The number of hydrogen-bond donors (Lipinski definition) is 1. The summed E-state index contributed by atoms with van der Waals surface area (Å²) in [5.74, 6) is 1.02. The van der Waals surface area contributed by atoms with Crippen LogP contribution in [0.15, 0.2) is 36.7 Å². The van der Waals surface area contributed by atoms with Gasteiger partial charge in [0.25, 0.3) is 0 Å². The lowest BCUT2D eigenvalue weighted by Crippen LogP contribution is -2.40. The van der Waals surface area contributed by atoms with Gasteiger partial charge >= 0.3 is 0 Å². The van der Waals surface area contributed by atoms with E-state index in [1.807, 2.05) is 4.90 Å². The molecule has 1 aromatic heterocycles. The topological polar surface area (TPSA) is 93.7 Å². The van der Waals surface area contributed by atoms with E-state index in [4.69, 9.17) is 21.1 Å². The van der Waals surface area contributed by atoms with Gasteiger partial charge in [-0.15, -0.1) is 0 Å². The highest BCUT2D eigenvalue weighted by atomic mass is 35.5. The lowest BCUT2D eigenvalue weighted by Gasteiger charge is -2.31. The van der Waals surface area contributed by atoms with Crippen molar-refractivity contribution in [2.24, 2.45) is 0 Å². The summed E-state index contributed by atoms with van der Waals surface area (Å²) in [6, 6.07) is 8.27. The lowest BCUT2D eigenvalue weighted by molar-refractivity contribution is -0.130. The Morgan fingerprint density at radius 3 is 2.46 bits per heavy atom. The molecule has 1 aliphatic heterocycles. The van der Waals surface area contributed by atoms with Crippen LogP contribution in [0.4, 0.5) is 15.9 Å². The Morgan fingerprint density at radius 2 is 1.83 bits per heavy atom.